The molecule has 0 N–H and O–H groups in total. The number of carbonyl (C=O) groups excluding carboxylic acids is 1. The van der Waals surface area contributed by atoms with Crippen molar-refractivity contribution in [2.24, 2.45) is 0 Å². The standard InChI is InChI=1S/C16H23BrO5/c1-4-12-5-6-13(14(18)11-17)16(22-10-8-20-3)15(12)21-9-7-19-2/h5-6H,4,7-11H2,1-3H3. The zero-order valence-corrected chi connectivity index (χ0v) is 14.9. The molecule has 0 aliphatic heterocycles. The van der Waals surface area contributed by atoms with Crippen LogP contribution in [0.3, 0.4) is 0 Å². The minimum absolute atomic E-state index is 0.0494. The number of benzene rings is 1. The van der Waals surface area contributed by atoms with Crippen LogP contribution in [0.4, 0.5) is 0 Å². The number of ether oxygens (including phenoxy) is 4. The number of aryl methyl sites for hydroxylation is 1. The van der Waals surface area contributed by atoms with E-state index in [-0.39, 0.29) is 11.1 Å². The highest BCUT2D eigenvalue weighted by Crippen LogP contribution is 2.36. The van der Waals surface area contributed by atoms with Crippen molar-refractivity contribution in [1.82, 2.24) is 0 Å². The van der Waals surface area contributed by atoms with Gasteiger partial charge >= 0.3 is 0 Å². The fraction of sp³-hybridized carbons (Fsp3) is 0.562. The Morgan fingerprint density at radius 1 is 1.00 bits per heavy atom. The summed E-state index contributed by atoms with van der Waals surface area (Å²) >= 11 is 3.20. The number of carbonyl (C=O) groups is 1. The van der Waals surface area contributed by atoms with Crippen molar-refractivity contribution in [3.63, 3.8) is 0 Å². The third-order valence-corrected chi connectivity index (χ3v) is 3.57. The predicted octanol–water partition coefficient (Wildman–Crippen LogP) is 2.88. The van der Waals surface area contributed by atoms with Gasteiger partial charge in [-0.2, -0.15) is 0 Å². The zero-order chi connectivity index (χ0) is 16.4. The van der Waals surface area contributed by atoms with Gasteiger partial charge in [0, 0.05) is 14.2 Å². The fourth-order valence-electron chi connectivity index (χ4n) is 1.93. The lowest BCUT2D eigenvalue weighted by atomic mass is 10.0. The van der Waals surface area contributed by atoms with Gasteiger partial charge in [-0.05, 0) is 18.1 Å². The van der Waals surface area contributed by atoms with E-state index < -0.39 is 0 Å². The monoisotopic (exact) mass is 374 g/mol. The SMILES string of the molecule is CCc1ccc(C(=O)CBr)c(OCCOC)c1OCCOC. The normalized spacial score (nSPS) is 10.5. The van der Waals surface area contributed by atoms with Crippen LogP contribution in [-0.4, -0.2) is 51.8 Å². The summed E-state index contributed by atoms with van der Waals surface area (Å²) in [6.45, 7) is 3.69. The fourth-order valence-corrected chi connectivity index (χ4v) is 2.23. The van der Waals surface area contributed by atoms with Crippen LogP contribution in [0, 0.1) is 0 Å². The summed E-state index contributed by atoms with van der Waals surface area (Å²) in [6, 6.07) is 3.69. The summed E-state index contributed by atoms with van der Waals surface area (Å²) in [5, 5.41) is 0.233. The number of Topliss-reactive ketones (excluding diaryl/α,β-unsaturated/α-hetero) is 1. The number of methoxy groups -OCH3 is 2. The van der Waals surface area contributed by atoms with E-state index in [0.717, 1.165) is 12.0 Å². The molecular formula is C16H23BrO5. The van der Waals surface area contributed by atoms with Gasteiger partial charge in [-0.15, -0.1) is 0 Å². The highest BCUT2D eigenvalue weighted by molar-refractivity contribution is 9.09. The highest BCUT2D eigenvalue weighted by atomic mass is 79.9. The van der Waals surface area contributed by atoms with E-state index in [9.17, 15) is 4.79 Å². The molecular weight excluding hydrogens is 352 g/mol. The molecule has 6 heteroatoms. The first-order chi connectivity index (χ1) is 10.7. The lowest BCUT2D eigenvalue weighted by Gasteiger charge is -2.18. The maximum absolute atomic E-state index is 12.1. The van der Waals surface area contributed by atoms with Gasteiger partial charge in [0.05, 0.1) is 24.1 Å². The Kier molecular flexibility index (Phi) is 9.11. The van der Waals surface area contributed by atoms with E-state index in [1.54, 1.807) is 20.3 Å². The zero-order valence-electron chi connectivity index (χ0n) is 13.3. The van der Waals surface area contributed by atoms with E-state index in [4.69, 9.17) is 18.9 Å². The van der Waals surface area contributed by atoms with E-state index in [1.165, 1.54) is 0 Å². The van der Waals surface area contributed by atoms with Crippen molar-refractivity contribution in [1.29, 1.82) is 0 Å². The van der Waals surface area contributed by atoms with Crippen LogP contribution in [0.15, 0.2) is 12.1 Å². The van der Waals surface area contributed by atoms with Crippen LogP contribution >= 0.6 is 15.9 Å². The maximum atomic E-state index is 12.1. The highest BCUT2D eigenvalue weighted by Gasteiger charge is 2.20. The number of hydrogen-bond acceptors (Lipinski definition) is 5. The minimum Gasteiger partial charge on any atom is -0.487 e. The number of alkyl halides is 1. The molecule has 0 saturated carbocycles. The second kappa shape index (κ2) is 10.6. The second-order valence-corrected chi connectivity index (χ2v) is 5.08. The first-order valence-electron chi connectivity index (χ1n) is 7.18. The molecule has 0 unspecified atom stereocenters. The Morgan fingerprint density at radius 2 is 1.59 bits per heavy atom. The molecule has 1 rings (SSSR count). The third kappa shape index (κ3) is 5.26. The molecule has 0 radical (unpaired) electrons. The summed E-state index contributed by atoms with van der Waals surface area (Å²) in [4.78, 5) is 12.1. The third-order valence-electron chi connectivity index (χ3n) is 3.06. The Balaban J connectivity index is 3.16. The topological polar surface area (TPSA) is 54.0 Å². The molecule has 1 aromatic rings. The van der Waals surface area contributed by atoms with Gasteiger partial charge in [-0.1, -0.05) is 28.9 Å². The minimum atomic E-state index is -0.0494. The Morgan fingerprint density at radius 3 is 2.09 bits per heavy atom. The molecule has 124 valence electrons. The smallest absolute Gasteiger partial charge is 0.177 e. The van der Waals surface area contributed by atoms with Gasteiger partial charge < -0.3 is 18.9 Å². The van der Waals surface area contributed by atoms with Crippen molar-refractivity contribution in [2.75, 3.05) is 46.0 Å². The predicted molar refractivity (Wildman–Crippen MR) is 88.7 cm³/mol. The first-order valence-corrected chi connectivity index (χ1v) is 8.30. The quantitative estimate of drug-likeness (QED) is 0.338. The lowest BCUT2D eigenvalue weighted by molar-refractivity contribution is 0.101. The number of hydrogen-bond donors (Lipinski definition) is 0. The maximum Gasteiger partial charge on any atom is 0.177 e. The van der Waals surface area contributed by atoms with Crippen LogP contribution in [0.2, 0.25) is 0 Å². The van der Waals surface area contributed by atoms with E-state index in [1.807, 2.05) is 13.0 Å². The van der Waals surface area contributed by atoms with Crippen molar-refractivity contribution in [3.05, 3.63) is 23.3 Å². The van der Waals surface area contributed by atoms with Crippen LogP contribution in [0.25, 0.3) is 0 Å². The average Bonchev–Trinajstić information content (AvgIpc) is 2.55. The van der Waals surface area contributed by atoms with E-state index in [2.05, 4.69) is 15.9 Å². The Hall–Kier alpha value is -1.11. The van der Waals surface area contributed by atoms with Crippen LogP contribution in [-0.2, 0) is 15.9 Å². The molecule has 5 nitrogen and oxygen atoms in total. The number of ketones is 1. The molecule has 0 atom stereocenters. The number of rotatable bonds is 11. The molecule has 0 aliphatic rings. The largest absolute Gasteiger partial charge is 0.487 e. The van der Waals surface area contributed by atoms with Crippen LogP contribution in [0.1, 0.15) is 22.8 Å². The van der Waals surface area contributed by atoms with Gasteiger partial charge in [0.15, 0.2) is 17.3 Å². The molecule has 0 aromatic heterocycles. The van der Waals surface area contributed by atoms with Crippen molar-refractivity contribution < 1.29 is 23.7 Å². The number of halogens is 1. The summed E-state index contributed by atoms with van der Waals surface area (Å²) in [5.74, 6) is 1.05. The molecule has 22 heavy (non-hydrogen) atoms. The summed E-state index contributed by atoms with van der Waals surface area (Å²) in [6.07, 6.45) is 0.783. The average molecular weight is 375 g/mol. The van der Waals surface area contributed by atoms with Crippen molar-refractivity contribution >= 4 is 21.7 Å². The molecule has 0 bridgehead atoms. The molecule has 0 fully saturated rings. The Labute approximate surface area is 140 Å². The van der Waals surface area contributed by atoms with Gasteiger partial charge in [-0.25, -0.2) is 0 Å². The van der Waals surface area contributed by atoms with Crippen LogP contribution in [0.5, 0.6) is 11.5 Å². The molecule has 0 amide bonds. The first kappa shape index (κ1) is 18.9. The summed E-state index contributed by atoms with van der Waals surface area (Å²) < 4.78 is 21.6. The summed E-state index contributed by atoms with van der Waals surface area (Å²) in [5.41, 5.74) is 1.51. The Bertz CT molecular complexity index is 476. The van der Waals surface area contributed by atoms with Gasteiger partial charge in [0.25, 0.3) is 0 Å². The lowest BCUT2D eigenvalue weighted by Crippen LogP contribution is -2.13. The van der Waals surface area contributed by atoms with E-state index >= 15 is 0 Å². The molecule has 0 saturated heterocycles. The molecule has 0 spiro atoms. The van der Waals surface area contributed by atoms with E-state index in [0.29, 0.717) is 43.5 Å². The molecule has 1 aromatic carbocycles. The van der Waals surface area contributed by atoms with Gasteiger partial charge in [0.1, 0.15) is 13.2 Å². The molecule has 0 heterocycles. The molecule has 0 aliphatic carbocycles. The summed E-state index contributed by atoms with van der Waals surface area (Å²) in [7, 11) is 3.22. The van der Waals surface area contributed by atoms with Gasteiger partial charge in [0.2, 0.25) is 0 Å². The van der Waals surface area contributed by atoms with Crippen molar-refractivity contribution in [3.8, 4) is 11.5 Å². The van der Waals surface area contributed by atoms with Crippen molar-refractivity contribution in [2.45, 2.75) is 13.3 Å². The second-order valence-electron chi connectivity index (χ2n) is 4.52. The van der Waals surface area contributed by atoms with Crippen LogP contribution < -0.4 is 9.47 Å². The van der Waals surface area contributed by atoms with Gasteiger partial charge in [-0.3, -0.25) is 4.79 Å².